The second-order valence-electron chi connectivity index (χ2n) is 4.54. The predicted octanol–water partition coefficient (Wildman–Crippen LogP) is 4.69. The molecule has 0 aliphatic carbocycles. The molecule has 2 aromatic rings. The summed E-state index contributed by atoms with van der Waals surface area (Å²) in [5.74, 6) is 0. The lowest BCUT2D eigenvalue weighted by Gasteiger charge is -2.13. The van der Waals surface area contributed by atoms with Crippen LogP contribution in [0.4, 0.5) is 0 Å². The van der Waals surface area contributed by atoms with Gasteiger partial charge in [0.2, 0.25) is 0 Å². The van der Waals surface area contributed by atoms with Gasteiger partial charge in [-0.3, -0.25) is 0 Å². The minimum Gasteiger partial charge on any atom is -0.187 e. The number of hydrogen-bond donors (Lipinski definition) is 0. The lowest BCUT2D eigenvalue weighted by Crippen LogP contribution is -2.06. The molecular formula is C12H14NPS. The summed E-state index contributed by atoms with van der Waals surface area (Å²) in [4.78, 5) is 0. The van der Waals surface area contributed by atoms with Gasteiger partial charge in [-0.05, 0) is 19.7 Å². The van der Waals surface area contributed by atoms with Gasteiger partial charge >= 0.3 is 0 Å². The van der Waals surface area contributed by atoms with E-state index in [1.165, 1.54) is 23.8 Å². The zero-order chi connectivity index (χ0) is 10.9. The van der Waals surface area contributed by atoms with Gasteiger partial charge in [-0.1, -0.05) is 51.1 Å². The van der Waals surface area contributed by atoms with Crippen LogP contribution in [0.1, 0.15) is 25.4 Å². The average molecular weight is 235 g/mol. The second kappa shape index (κ2) is 4.03. The van der Waals surface area contributed by atoms with Crippen LogP contribution in [-0.4, -0.2) is 4.37 Å². The minimum atomic E-state index is 0.242. The Morgan fingerprint density at radius 2 is 1.80 bits per heavy atom. The van der Waals surface area contributed by atoms with Gasteiger partial charge in [0.25, 0.3) is 0 Å². The van der Waals surface area contributed by atoms with Crippen molar-refractivity contribution in [2.45, 2.75) is 26.2 Å². The van der Waals surface area contributed by atoms with Crippen molar-refractivity contribution < 1.29 is 0 Å². The molecule has 0 N–H and O–H groups in total. The van der Waals surface area contributed by atoms with E-state index in [4.69, 9.17) is 0 Å². The van der Waals surface area contributed by atoms with Crippen LogP contribution in [-0.2, 0) is 5.41 Å². The van der Waals surface area contributed by atoms with E-state index in [9.17, 15) is 0 Å². The molecule has 0 bridgehead atoms. The van der Waals surface area contributed by atoms with Crippen LogP contribution in [0.2, 0.25) is 0 Å². The first-order valence-corrected chi connectivity index (χ1v) is 6.64. The van der Waals surface area contributed by atoms with Gasteiger partial charge in [-0.2, -0.15) is 4.37 Å². The summed E-state index contributed by atoms with van der Waals surface area (Å²) in [5.41, 5.74) is 2.67. The normalized spacial score (nSPS) is 12.2. The molecule has 0 spiro atoms. The molecule has 0 atom stereocenters. The lowest BCUT2D eigenvalue weighted by molar-refractivity contribution is 0.615. The van der Waals surface area contributed by atoms with Crippen molar-refractivity contribution in [1.82, 2.24) is 4.37 Å². The number of rotatable bonds is 1. The van der Waals surface area contributed by atoms with Gasteiger partial charge in [0.1, 0.15) is 5.43 Å². The van der Waals surface area contributed by atoms with E-state index in [-0.39, 0.29) is 5.41 Å². The first-order valence-electron chi connectivity index (χ1n) is 4.97. The van der Waals surface area contributed by atoms with Gasteiger partial charge in [-0.15, -0.1) is 0 Å². The third-order valence-electron chi connectivity index (χ3n) is 2.10. The van der Waals surface area contributed by atoms with Crippen LogP contribution >= 0.6 is 19.7 Å². The van der Waals surface area contributed by atoms with Crippen molar-refractivity contribution in [1.29, 1.82) is 0 Å². The Labute approximate surface area is 96.4 Å². The fraction of sp³-hybridized carbons (Fsp3) is 0.333. The summed E-state index contributed by atoms with van der Waals surface area (Å²) in [6.07, 6.45) is 0. The smallest absolute Gasteiger partial charge is 0.111 e. The molecular weight excluding hydrogens is 221 g/mol. The van der Waals surface area contributed by atoms with Crippen molar-refractivity contribution >= 4 is 19.7 Å². The van der Waals surface area contributed by atoms with E-state index in [0.717, 1.165) is 0 Å². The van der Waals surface area contributed by atoms with Gasteiger partial charge in [0.15, 0.2) is 0 Å². The zero-order valence-corrected chi connectivity index (χ0v) is 10.9. The molecule has 1 aromatic carbocycles. The fourth-order valence-electron chi connectivity index (χ4n) is 1.23. The zero-order valence-electron chi connectivity index (χ0n) is 9.19. The van der Waals surface area contributed by atoms with Crippen molar-refractivity contribution in [2.24, 2.45) is 0 Å². The average Bonchev–Trinajstić information content (AvgIpc) is 2.67. The quantitative estimate of drug-likeness (QED) is 0.698. The molecule has 0 radical (unpaired) electrons. The first-order chi connectivity index (χ1) is 7.07. The fourth-order valence-corrected chi connectivity index (χ4v) is 3.42. The topological polar surface area (TPSA) is 12.9 Å². The van der Waals surface area contributed by atoms with Gasteiger partial charge < -0.3 is 0 Å². The Hall–Kier alpha value is -0.720. The lowest BCUT2D eigenvalue weighted by atomic mass is 10.0. The second-order valence-corrected chi connectivity index (χ2v) is 6.71. The molecule has 0 aliphatic heterocycles. The van der Waals surface area contributed by atoms with Gasteiger partial charge in [0, 0.05) is 11.0 Å². The Bertz CT molecular complexity index is 442. The van der Waals surface area contributed by atoms with Crippen LogP contribution in [0.25, 0.3) is 11.0 Å². The summed E-state index contributed by atoms with van der Waals surface area (Å²) in [6.45, 7) is 6.73. The molecule has 1 nitrogen and oxygen atoms in total. The van der Waals surface area contributed by atoms with Crippen molar-refractivity contribution in [3.8, 4) is 11.0 Å². The Kier molecular flexibility index (Phi) is 2.90. The maximum Gasteiger partial charge on any atom is 0.111 e. The maximum atomic E-state index is 4.54. The van der Waals surface area contributed by atoms with Crippen molar-refractivity contribution in [2.75, 3.05) is 0 Å². The molecule has 78 valence electrons. The summed E-state index contributed by atoms with van der Waals surface area (Å²) >= 11 is 1.64. The molecule has 1 aromatic heterocycles. The molecule has 0 saturated heterocycles. The molecule has 3 heteroatoms. The summed E-state index contributed by atoms with van der Waals surface area (Å²) in [7, 11) is 1.27. The highest BCUT2D eigenvalue weighted by Crippen LogP contribution is 2.39. The van der Waals surface area contributed by atoms with E-state index in [1.54, 1.807) is 11.5 Å². The molecule has 1 heterocycles. The summed E-state index contributed by atoms with van der Waals surface area (Å²) in [6, 6.07) is 10.4. The van der Waals surface area contributed by atoms with Crippen LogP contribution in [0, 0.1) is 0 Å². The van der Waals surface area contributed by atoms with E-state index in [2.05, 4.69) is 49.4 Å². The van der Waals surface area contributed by atoms with Gasteiger partial charge in [0.05, 0.1) is 4.61 Å². The molecule has 2 rings (SSSR count). The van der Waals surface area contributed by atoms with E-state index in [0.29, 0.717) is 0 Å². The van der Waals surface area contributed by atoms with Crippen molar-refractivity contribution in [3.63, 3.8) is 0 Å². The monoisotopic (exact) mass is 235 g/mol. The number of aromatic nitrogens is 1. The highest BCUT2D eigenvalue weighted by molar-refractivity contribution is 7.43. The SMILES string of the molecule is CC(C)(C)c1pc(-c2ccccc2)ns1. The van der Waals surface area contributed by atoms with E-state index in [1.807, 2.05) is 6.07 Å². The Morgan fingerprint density at radius 3 is 2.33 bits per heavy atom. The number of benzene rings is 1. The third kappa shape index (κ3) is 2.45. The van der Waals surface area contributed by atoms with Crippen LogP contribution in [0.5, 0.6) is 0 Å². The Morgan fingerprint density at radius 1 is 1.13 bits per heavy atom. The molecule has 0 saturated carbocycles. The highest BCUT2D eigenvalue weighted by Gasteiger charge is 2.18. The number of hydrogen-bond acceptors (Lipinski definition) is 2. The standard InChI is InChI=1S/C12H14NPS/c1-12(2,3)11-14-10(13-15-11)9-7-5-4-6-8-9/h4-8H,1-3H3. The van der Waals surface area contributed by atoms with Crippen LogP contribution in [0.3, 0.4) is 0 Å². The van der Waals surface area contributed by atoms with E-state index < -0.39 is 0 Å². The van der Waals surface area contributed by atoms with Crippen LogP contribution in [0.15, 0.2) is 30.3 Å². The first kappa shape index (κ1) is 10.8. The molecule has 0 amide bonds. The third-order valence-corrected chi connectivity index (χ3v) is 5.26. The minimum absolute atomic E-state index is 0.242. The largest absolute Gasteiger partial charge is 0.187 e. The molecule has 0 unspecified atom stereocenters. The van der Waals surface area contributed by atoms with Crippen molar-refractivity contribution in [3.05, 3.63) is 34.9 Å². The maximum absolute atomic E-state index is 4.54. The highest BCUT2D eigenvalue weighted by atomic mass is 32.1. The molecule has 0 fully saturated rings. The molecule has 15 heavy (non-hydrogen) atoms. The summed E-state index contributed by atoms with van der Waals surface area (Å²) < 4.78 is 5.97. The number of nitrogens with zero attached hydrogens (tertiary/aromatic N) is 1. The van der Waals surface area contributed by atoms with E-state index >= 15 is 0 Å². The Balaban J connectivity index is 2.37. The predicted molar refractivity (Wildman–Crippen MR) is 68.8 cm³/mol. The van der Waals surface area contributed by atoms with Crippen LogP contribution < -0.4 is 0 Å². The van der Waals surface area contributed by atoms with Gasteiger partial charge in [-0.25, -0.2) is 0 Å². The molecule has 0 aliphatic rings. The summed E-state index contributed by atoms with van der Waals surface area (Å²) in [5, 5.41) is 0.